The van der Waals surface area contributed by atoms with Crippen LogP contribution in [0.3, 0.4) is 0 Å². The van der Waals surface area contributed by atoms with Gasteiger partial charge in [-0.05, 0) is 12.1 Å². The van der Waals surface area contributed by atoms with Gasteiger partial charge in [0.15, 0.2) is 6.29 Å². The zero-order chi connectivity index (χ0) is 14.8. The summed E-state index contributed by atoms with van der Waals surface area (Å²) in [4.78, 5) is 13.6. The number of aromatic nitrogens is 1. The highest BCUT2D eigenvalue weighted by atomic mass is 32.2. The number of pyridine rings is 1. The normalized spacial score (nSPS) is 37.6. The minimum Gasteiger partial charge on any atom is -0.394 e. The molecule has 0 amide bonds. The number of ether oxygens (including phenoxy) is 1. The molecule has 0 unspecified atom stereocenters. The first-order valence-electron chi connectivity index (χ1n) is 5.93. The van der Waals surface area contributed by atoms with Crippen molar-refractivity contribution in [3.8, 4) is 0 Å². The molecule has 1 aromatic heterocycles. The van der Waals surface area contributed by atoms with Gasteiger partial charge in [0.1, 0.15) is 24.4 Å². The van der Waals surface area contributed by atoms with Gasteiger partial charge in [0, 0.05) is 6.20 Å². The first-order valence-corrected chi connectivity index (χ1v) is 6.75. The summed E-state index contributed by atoms with van der Waals surface area (Å²) < 4.78 is 5.32. The Morgan fingerprint density at radius 3 is 2.65 bits per heavy atom. The van der Waals surface area contributed by atoms with Crippen molar-refractivity contribution in [2.45, 2.75) is 34.4 Å². The van der Waals surface area contributed by atoms with Crippen molar-refractivity contribution in [2.24, 2.45) is 0 Å². The largest absolute Gasteiger partial charge is 0.394 e. The highest BCUT2D eigenvalue weighted by molar-refractivity contribution is 8.01. The first-order chi connectivity index (χ1) is 9.54. The number of nitrogens with zero attached hydrogens (tertiary/aromatic N) is 1. The molecule has 8 heteroatoms. The summed E-state index contributed by atoms with van der Waals surface area (Å²) in [6.45, 7) is -0.594. The maximum Gasteiger partial charge on any atom is 0.203 e. The van der Waals surface area contributed by atoms with E-state index in [1.807, 2.05) is 0 Å². The van der Waals surface area contributed by atoms with E-state index in [4.69, 9.17) is 9.84 Å². The van der Waals surface area contributed by atoms with Gasteiger partial charge in [-0.1, -0.05) is 17.8 Å². The molecule has 2 heterocycles. The molecule has 20 heavy (non-hydrogen) atoms. The number of thioether (sulfide) groups is 1. The lowest BCUT2D eigenvalue weighted by Crippen LogP contribution is -2.64. The van der Waals surface area contributed by atoms with E-state index in [1.54, 1.807) is 18.2 Å². The Morgan fingerprint density at radius 2 is 2.10 bits per heavy atom. The highest BCUT2D eigenvalue weighted by Crippen LogP contribution is 2.40. The quantitative estimate of drug-likeness (QED) is 0.498. The van der Waals surface area contributed by atoms with Gasteiger partial charge in [0.2, 0.25) is 4.93 Å². The number of carbonyl (C=O) groups excluding carboxylic acids is 1. The molecular weight excluding hydrogens is 286 g/mol. The summed E-state index contributed by atoms with van der Waals surface area (Å²) >= 11 is 0.811. The lowest BCUT2D eigenvalue weighted by molar-refractivity contribution is -0.232. The molecule has 110 valence electrons. The molecule has 5 atom stereocenters. The molecule has 7 nitrogen and oxygen atoms in total. The molecular formula is C12H15NO6S. The molecule has 0 aromatic carbocycles. The second-order valence-corrected chi connectivity index (χ2v) is 5.63. The van der Waals surface area contributed by atoms with Crippen molar-refractivity contribution < 1.29 is 30.0 Å². The van der Waals surface area contributed by atoms with Crippen LogP contribution in [0.5, 0.6) is 0 Å². The maximum atomic E-state index is 11.4. The molecule has 4 N–H and O–H groups in total. The zero-order valence-corrected chi connectivity index (χ0v) is 11.2. The van der Waals surface area contributed by atoms with Crippen molar-refractivity contribution in [3.05, 3.63) is 24.4 Å². The van der Waals surface area contributed by atoms with Crippen molar-refractivity contribution in [1.82, 2.24) is 4.98 Å². The molecule has 0 spiro atoms. The van der Waals surface area contributed by atoms with Crippen LogP contribution in [0.15, 0.2) is 29.4 Å². The summed E-state index contributed by atoms with van der Waals surface area (Å²) in [5.41, 5.74) is 0. The fourth-order valence-electron chi connectivity index (χ4n) is 1.94. The van der Waals surface area contributed by atoms with E-state index in [0.717, 1.165) is 11.8 Å². The van der Waals surface area contributed by atoms with E-state index in [9.17, 15) is 20.1 Å². The van der Waals surface area contributed by atoms with E-state index in [-0.39, 0.29) is 0 Å². The van der Waals surface area contributed by atoms with Gasteiger partial charge in [0.25, 0.3) is 0 Å². The molecule has 2 rings (SSSR count). The fourth-order valence-corrected chi connectivity index (χ4v) is 3.01. The van der Waals surface area contributed by atoms with E-state index in [1.165, 1.54) is 6.20 Å². The lowest BCUT2D eigenvalue weighted by atomic mass is 9.95. The van der Waals surface area contributed by atoms with Crippen molar-refractivity contribution in [1.29, 1.82) is 0 Å². The van der Waals surface area contributed by atoms with Crippen LogP contribution in [0, 0.1) is 0 Å². The van der Waals surface area contributed by atoms with Crippen LogP contribution in [0.2, 0.25) is 0 Å². The Hall–Kier alpha value is -1.03. The number of hydrogen-bond acceptors (Lipinski definition) is 8. The highest BCUT2D eigenvalue weighted by Gasteiger charge is 2.54. The van der Waals surface area contributed by atoms with Gasteiger partial charge in [-0.15, -0.1) is 0 Å². The second kappa shape index (κ2) is 6.17. The maximum absolute atomic E-state index is 11.4. The van der Waals surface area contributed by atoms with Crippen molar-refractivity contribution >= 4 is 18.0 Å². The van der Waals surface area contributed by atoms with Crippen LogP contribution in [0.4, 0.5) is 0 Å². The number of hydrogen-bond donors (Lipinski definition) is 4. The topological polar surface area (TPSA) is 120 Å². The minimum atomic E-state index is -1.83. The third-order valence-electron chi connectivity index (χ3n) is 3.05. The molecule has 1 aliphatic heterocycles. The Kier molecular flexibility index (Phi) is 4.74. The van der Waals surface area contributed by atoms with Crippen LogP contribution >= 0.6 is 11.8 Å². The molecule has 1 aliphatic rings. The molecule has 0 bridgehead atoms. The number of carbonyl (C=O) groups is 1. The van der Waals surface area contributed by atoms with Crippen LogP contribution in [-0.4, -0.2) is 67.7 Å². The third kappa shape index (κ3) is 2.71. The van der Waals surface area contributed by atoms with E-state index < -0.39 is 36.0 Å². The van der Waals surface area contributed by atoms with Crippen LogP contribution in [0.1, 0.15) is 0 Å². The van der Waals surface area contributed by atoms with Gasteiger partial charge in [-0.3, -0.25) is 4.79 Å². The summed E-state index contributed by atoms with van der Waals surface area (Å²) in [5.74, 6) is 0. The Balaban J connectivity index is 2.30. The monoisotopic (exact) mass is 301 g/mol. The average molecular weight is 301 g/mol. The van der Waals surface area contributed by atoms with Crippen LogP contribution in [-0.2, 0) is 9.53 Å². The Morgan fingerprint density at radius 1 is 1.35 bits per heavy atom. The molecule has 0 aliphatic carbocycles. The number of rotatable bonds is 4. The summed E-state index contributed by atoms with van der Waals surface area (Å²) in [6.07, 6.45) is -4.06. The minimum absolute atomic E-state index is 0.342. The first kappa shape index (κ1) is 15.4. The number of aliphatic hydroxyl groups excluding tert-OH is 4. The van der Waals surface area contributed by atoms with Gasteiger partial charge in [-0.2, -0.15) is 0 Å². The van der Waals surface area contributed by atoms with E-state index in [0.29, 0.717) is 11.3 Å². The standard InChI is InChI=1S/C12H15NO6S/c14-5-7-9(16)10(17)11(18)12(6-15,19-7)20-8-3-1-2-4-13-8/h1-4,6-7,9-11,14,16-18H,5H2/t7-,9+,10+,11-,12-/m1/s1. The molecule has 1 saturated heterocycles. The molecule has 1 aromatic rings. The summed E-state index contributed by atoms with van der Waals surface area (Å²) in [6, 6.07) is 4.99. The fraction of sp³-hybridized carbons (Fsp3) is 0.500. The predicted octanol–water partition coefficient (Wildman–Crippen LogP) is -1.46. The van der Waals surface area contributed by atoms with Gasteiger partial charge >= 0.3 is 0 Å². The zero-order valence-electron chi connectivity index (χ0n) is 10.4. The third-order valence-corrected chi connectivity index (χ3v) is 4.25. The summed E-state index contributed by atoms with van der Waals surface area (Å²) in [5, 5.41) is 39.1. The number of aldehydes is 1. The van der Waals surface area contributed by atoms with Crippen molar-refractivity contribution in [3.63, 3.8) is 0 Å². The second-order valence-electron chi connectivity index (χ2n) is 4.37. The Labute approximate surface area is 119 Å². The van der Waals surface area contributed by atoms with Gasteiger partial charge in [-0.25, -0.2) is 4.98 Å². The van der Waals surface area contributed by atoms with Crippen LogP contribution in [0.25, 0.3) is 0 Å². The van der Waals surface area contributed by atoms with Crippen molar-refractivity contribution in [2.75, 3.05) is 6.61 Å². The predicted molar refractivity (Wildman–Crippen MR) is 68.9 cm³/mol. The van der Waals surface area contributed by atoms with E-state index in [2.05, 4.69) is 4.98 Å². The molecule has 0 radical (unpaired) electrons. The van der Waals surface area contributed by atoms with E-state index >= 15 is 0 Å². The van der Waals surface area contributed by atoms with Crippen LogP contribution < -0.4 is 0 Å². The Bertz CT molecular complexity index is 459. The SMILES string of the molecule is O=C[C@]1(Sc2ccccn2)O[C@H](CO)[C@H](O)[C@H](O)[C@H]1O. The molecule has 1 fully saturated rings. The average Bonchev–Trinajstić information content (AvgIpc) is 2.49. The van der Waals surface area contributed by atoms with Gasteiger partial charge in [0.05, 0.1) is 11.6 Å². The van der Waals surface area contributed by atoms with Gasteiger partial charge < -0.3 is 25.2 Å². The molecule has 0 saturated carbocycles. The smallest absolute Gasteiger partial charge is 0.203 e. The number of aliphatic hydroxyl groups is 4. The lowest BCUT2D eigenvalue weighted by Gasteiger charge is -2.44. The summed E-state index contributed by atoms with van der Waals surface area (Å²) in [7, 11) is 0.